The first-order chi connectivity index (χ1) is 14.6. The van der Waals surface area contributed by atoms with Crippen LogP contribution in [0.15, 0.2) is 72.8 Å². The summed E-state index contributed by atoms with van der Waals surface area (Å²) in [6.07, 6.45) is -0.695. The highest BCUT2D eigenvalue weighted by Gasteiger charge is 2.33. The summed E-state index contributed by atoms with van der Waals surface area (Å²) in [4.78, 5) is 37.4. The topological polar surface area (TPSA) is 87.7 Å². The summed E-state index contributed by atoms with van der Waals surface area (Å²) in [7, 11) is 0. The molecule has 2 N–H and O–H groups in total. The van der Waals surface area contributed by atoms with Gasteiger partial charge in [-0.15, -0.1) is 0 Å². The first-order valence-electron chi connectivity index (χ1n) is 9.65. The largest absolute Gasteiger partial charge is 0.439 e. The van der Waals surface area contributed by atoms with Gasteiger partial charge in [0.05, 0.1) is 12.6 Å². The van der Waals surface area contributed by atoms with Crippen LogP contribution in [0.3, 0.4) is 0 Å². The first-order valence-corrected chi connectivity index (χ1v) is 9.65. The molecule has 7 heteroatoms. The van der Waals surface area contributed by atoms with E-state index in [1.54, 1.807) is 0 Å². The van der Waals surface area contributed by atoms with Crippen molar-refractivity contribution in [1.29, 1.82) is 0 Å². The minimum Gasteiger partial charge on any atom is -0.439 e. The number of urea groups is 1. The number of nitrogens with one attached hydrogen (secondary N) is 2. The average Bonchev–Trinajstić information content (AvgIpc) is 3.10. The molecule has 0 spiro atoms. The normalized spacial score (nSPS) is 14.5. The zero-order valence-electron chi connectivity index (χ0n) is 16.2. The Morgan fingerprint density at radius 1 is 0.967 bits per heavy atom. The van der Waals surface area contributed by atoms with Crippen molar-refractivity contribution < 1.29 is 19.1 Å². The molecule has 30 heavy (non-hydrogen) atoms. The van der Waals surface area contributed by atoms with E-state index >= 15 is 0 Å². The Bertz CT molecular complexity index is 1060. The van der Waals surface area contributed by atoms with Crippen molar-refractivity contribution in [1.82, 2.24) is 15.5 Å². The van der Waals surface area contributed by atoms with Crippen molar-refractivity contribution >= 4 is 28.8 Å². The second-order valence-corrected chi connectivity index (χ2v) is 6.99. The van der Waals surface area contributed by atoms with Crippen LogP contribution in [-0.4, -0.2) is 36.1 Å². The minimum absolute atomic E-state index is 0.00334. The van der Waals surface area contributed by atoms with Gasteiger partial charge in [-0.25, -0.2) is 14.5 Å². The summed E-state index contributed by atoms with van der Waals surface area (Å²) in [6, 6.07) is 22.2. The number of carbonyl (C=O) groups is 3. The number of amides is 4. The van der Waals surface area contributed by atoms with Gasteiger partial charge in [0.15, 0.2) is 6.61 Å². The van der Waals surface area contributed by atoms with E-state index in [1.165, 1.54) is 0 Å². The van der Waals surface area contributed by atoms with Crippen LogP contribution in [0.2, 0.25) is 0 Å². The van der Waals surface area contributed by atoms with Crippen molar-refractivity contribution in [3.05, 3.63) is 83.9 Å². The summed E-state index contributed by atoms with van der Waals surface area (Å²) in [5, 5.41) is 7.91. The number of nitrogens with zero attached hydrogens (tertiary/aromatic N) is 1. The molecule has 1 fully saturated rings. The molecule has 1 atom stereocenters. The van der Waals surface area contributed by atoms with Gasteiger partial charge in [0.25, 0.3) is 5.91 Å². The predicted molar refractivity (Wildman–Crippen MR) is 112 cm³/mol. The highest BCUT2D eigenvalue weighted by molar-refractivity contribution is 5.97. The molecule has 3 aromatic carbocycles. The lowest BCUT2D eigenvalue weighted by Gasteiger charge is -2.23. The van der Waals surface area contributed by atoms with Crippen LogP contribution in [0.25, 0.3) is 10.8 Å². The molecule has 1 aliphatic rings. The molecule has 0 radical (unpaired) electrons. The quantitative estimate of drug-likeness (QED) is 0.661. The summed E-state index contributed by atoms with van der Waals surface area (Å²) in [6.45, 7) is 0.0797. The predicted octanol–water partition coefficient (Wildman–Crippen LogP) is 3.36. The van der Waals surface area contributed by atoms with Crippen molar-refractivity contribution in [2.45, 2.75) is 12.6 Å². The lowest BCUT2D eigenvalue weighted by Crippen LogP contribution is -2.43. The Morgan fingerprint density at radius 2 is 1.70 bits per heavy atom. The average molecular weight is 403 g/mol. The molecule has 0 bridgehead atoms. The third kappa shape index (κ3) is 4.25. The maximum absolute atomic E-state index is 12.6. The third-order valence-electron chi connectivity index (χ3n) is 5.03. The number of imide groups is 1. The molecule has 0 saturated carbocycles. The van der Waals surface area contributed by atoms with E-state index in [0.29, 0.717) is 6.54 Å². The summed E-state index contributed by atoms with van der Waals surface area (Å²) in [5.74, 6) is -0.418. The van der Waals surface area contributed by atoms with E-state index in [-0.39, 0.29) is 13.2 Å². The highest BCUT2D eigenvalue weighted by Crippen LogP contribution is 2.19. The monoisotopic (exact) mass is 403 g/mol. The van der Waals surface area contributed by atoms with Gasteiger partial charge < -0.3 is 15.4 Å². The van der Waals surface area contributed by atoms with Crippen LogP contribution in [0.4, 0.5) is 9.59 Å². The number of hydrogen-bond donors (Lipinski definition) is 2. The van der Waals surface area contributed by atoms with Gasteiger partial charge >= 0.3 is 12.1 Å². The van der Waals surface area contributed by atoms with Gasteiger partial charge in [0, 0.05) is 6.54 Å². The molecule has 1 unspecified atom stereocenters. The Morgan fingerprint density at radius 3 is 2.47 bits per heavy atom. The van der Waals surface area contributed by atoms with Gasteiger partial charge in [-0.1, -0.05) is 72.8 Å². The van der Waals surface area contributed by atoms with Crippen LogP contribution < -0.4 is 10.6 Å². The third-order valence-corrected chi connectivity index (χ3v) is 5.03. The van der Waals surface area contributed by atoms with Crippen LogP contribution in [-0.2, 0) is 16.1 Å². The molecular formula is C23H21N3O4. The van der Waals surface area contributed by atoms with Crippen molar-refractivity contribution in [2.75, 3.05) is 13.2 Å². The van der Waals surface area contributed by atoms with Gasteiger partial charge in [0.2, 0.25) is 0 Å². The molecule has 0 aromatic heterocycles. The summed E-state index contributed by atoms with van der Waals surface area (Å²) in [5.41, 5.74) is 1.78. The zero-order valence-corrected chi connectivity index (χ0v) is 16.2. The van der Waals surface area contributed by atoms with Crippen molar-refractivity contribution in [3.63, 3.8) is 0 Å². The fourth-order valence-corrected chi connectivity index (χ4v) is 3.49. The molecular weight excluding hydrogens is 382 g/mol. The zero-order chi connectivity index (χ0) is 20.9. The Labute approximate surface area is 173 Å². The number of benzene rings is 3. The van der Waals surface area contributed by atoms with Crippen LogP contribution in [0.5, 0.6) is 0 Å². The van der Waals surface area contributed by atoms with Crippen LogP contribution in [0, 0.1) is 0 Å². The first kappa shape index (κ1) is 19.4. The highest BCUT2D eigenvalue weighted by atomic mass is 16.6. The van der Waals surface area contributed by atoms with Crippen LogP contribution in [0.1, 0.15) is 17.2 Å². The van der Waals surface area contributed by atoms with E-state index < -0.39 is 24.1 Å². The summed E-state index contributed by atoms with van der Waals surface area (Å²) >= 11 is 0. The van der Waals surface area contributed by atoms with Crippen molar-refractivity contribution in [3.8, 4) is 0 Å². The number of carbonyl (C=O) groups excluding carboxylic acids is 3. The number of rotatable bonds is 6. The van der Waals surface area contributed by atoms with Gasteiger partial charge in [0.1, 0.15) is 0 Å². The molecule has 152 valence electrons. The minimum atomic E-state index is -0.695. The maximum Gasteiger partial charge on any atom is 0.417 e. The van der Waals surface area contributed by atoms with E-state index in [0.717, 1.165) is 26.8 Å². The van der Waals surface area contributed by atoms with E-state index in [9.17, 15) is 14.4 Å². The molecule has 1 heterocycles. The van der Waals surface area contributed by atoms with E-state index in [4.69, 9.17) is 4.74 Å². The fraction of sp³-hybridized carbons (Fsp3) is 0.174. The second kappa shape index (κ2) is 8.65. The SMILES string of the molecule is O=C(NCc1cccc2ccccc12)NC(CN1C(=O)COC1=O)c1ccccc1. The Balaban J connectivity index is 1.46. The van der Waals surface area contributed by atoms with Gasteiger partial charge in [-0.3, -0.25) is 4.79 Å². The Hall–Kier alpha value is -3.87. The number of fused-ring (bicyclic) bond motifs is 1. The number of hydrogen-bond acceptors (Lipinski definition) is 4. The molecule has 1 saturated heterocycles. The lowest BCUT2D eigenvalue weighted by molar-refractivity contribution is -0.126. The van der Waals surface area contributed by atoms with Crippen molar-refractivity contribution in [2.24, 2.45) is 0 Å². The lowest BCUT2D eigenvalue weighted by atomic mass is 10.0. The molecule has 7 nitrogen and oxygen atoms in total. The smallest absolute Gasteiger partial charge is 0.417 e. The molecule has 3 aromatic rings. The molecule has 4 rings (SSSR count). The van der Waals surface area contributed by atoms with Gasteiger partial charge in [-0.2, -0.15) is 0 Å². The number of cyclic esters (lactones) is 1. The molecule has 0 aliphatic carbocycles. The fourth-order valence-electron chi connectivity index (χ4n) is 3.49. The summed E-state index contributed by atoms with van der Waals surface area (Å²) < 4.78 is 4.77. The maximum atomic E-state index is 12.6. The Kier molecular flexibility index (Phi) is 5.61. The standard InChI is InChI=1S/C23H21N3O4/c27-21-15-30-23(29)26(21)14-20(17-8-2-1-3-9-17)25-22(28)24-13-18-11-6-10-16-7-4-5-12-19(16)18/h1-12,20H,13-15H2,(H2,24,25,28). The second-order valence-electron chi connectivity index (χ2n) is 6.99. The van der Waals surface area contributed by atoms with Crippen LogP contribution >= 0.6 is 0 Å². The molecule has 4 amide bonds. The molecule has 1 aliphatic heterocycles. The van der Waals surface area contributed by atoms with E-state index in [2.05, 4.69) is 10.6 Å². The van der Waals surface area contributed by atoms with E-state index in [1.807, 2.05) is 72.8 Å². The van der Waals surface area contributed by atoms with Gasteiger partial charge in [-0.05, 0) is 21.9 Å². The number of ether oxygens (including phenoxy) is 1.